The standard InChI is InChI=1S/C15H23ClN2O2/c1-4-5-6-10-15(2,3)11-17-14-12(16)8-7-9-13(14)18(19)20/h7-9,17H,4-6,10-11H2,1-3H3. The number of nitrogens with zero attached hydrogens (tertiary/aromatic N) is 1. The van der Waals surface area contributed by atoms with Crippen molar-refractivity contribution in [1.29, 1.82) is 0 Å². The Balaban J connectivity index is 2.72. The number of halogens is 1. The fourth-order valence-electron chi connectivity index (χ4n) is 2.11. The van der Waals surface area contributed by atoms with Crippen molar-refractivity contribution in [3.63, 3.8) is 0 Å². The molecule has 112 valence electrons. The molecule has 0 atom stereocenters. The van der Waals surface area contributed by atoms with Crippen LogP contribution in [0.4, 0.5) is 11.4 Å². The maximum absolute atomic E-state index is 11.0. The predicted molar refractivity (Wildman–Crippen MR) is 84.5 cm³/mol. The summed E-state index contributed by atoms with van der Waals surface area (Å²) in [6.07, 6.45) is 4.68. The third kappa shape index (κ3) is 5.00. The highest BCUT2D eigenvalue weighted by Gasteiger charge is 2.21. The second-order valence-electron chi connectivity index (χ2n) is 5.87. The van der Waals surface area contributed by atoms with Gasteiger partial charge in [0.2, 0.25) is 0 Å². The van der Waals surface area contributed by atoms with Gasteiger partial charge >= 0.3 is 0 Å². The molecule has 5 heteroatoms. The van der Waals surface area contributed by atoms with Crippen molar-refractivity contribution < 1.29 is 4.92 Å². The van der Waals surface area contributed by atoms with E-state index < -0.39 is 4.92 Å². The van der Waals surface area contributed by atoms with Gasteiger partial charge in [0, 0.05) is 12.6 Å². The van der Waals surface area contributed by atoms with E-state index >= 15 is 0 Å². The van der Waals surface area contributed by atoms with Crippen molar-refractivity contribution in [2.24, 2.45) is 5.41 Å². The van der Waals surface area contributed by atoms with Gasteiger partial charge in [-0.25, -0.2) is 0 Å². The number of hydrogen-bond acceptors (Lipinski definition) is 3. The molecule has 4 nitrogen and oxygen atoms in total. The molecule has 0 saturated carbocycles. The van der Waals surface area contributed by atoms with E-state index in [0.717, 1.165) is 6.42 Å². The molecule has 0 amide bonds. The van der Waals surface area contributed by atoms with E-state index in [-0.39, 0.29) is 11.1 Å². The maximum atomic E-state index is 11.0. The summed E-state index contributed by atoms with van der Waals surface area (Å²) in [6.45, 7) is 7.18. The SMILES string of the molecule is CCCCCC(C)(C)CNc1c(Cl)cccc1[N+](=O)[O-]. The van der Waals surface area contributed by atoms with Gasteiger partial charge in [-0.2, -0.15) is 0 Å². The summed E-state index contributed by atoms with van der Waals surface area (Å²) in [5.41, 5.74) is 0.534. The molecule has 1 N–H and O–H groups in total. The Hall–Kier alpha value is -1.29. The summed E-state index contributed by atoms with van der Waals surface area (Å²) >= 11 is 6.06. The summed E-state index contributed by atoms with van der Waals surface area (Å²) in [4.78, 5) is 10.6. The molecule has 0 radical (unpaired) electrons. The van der Waals surface area contributed by atoms with E-state index in [9.17, 15) is 10.1 Å². The summed E-state index contributed by atoms with van der Waals surface area (Å²) < 4.78 is 0. The number of nitro benzene ring substituents is 1. The van der Waals surface area contributed by atoms with Crippen molar-refractivity contribution in [3.8, 4) is 0 Å². The van der Waals surface area contributed by atoms with Crippen LogP contribution < -0.4 is 5.32 Å². The average Bonchev–Trinajstić information content (AvgIpc) is 2.37. The van der Waals surface area contributed by atoms with Crippen LogP contribution in [0.3, 0.4) is 0 Å². The summed E-state index contributed by atoms with van der Waals surface area (Å²) in [5.74, 6) is 0. The lowest BCUT2D eigenvalue weighted by atomic mass is 9.87. The fourth-order valence-corrected chi connectivity index (χ4v) is 2.35. The molecule has 0 aromatic heterocycles. The summed E-state index contributed by atoms with van der Waals surface area (Å²) in [7, 11) is 0. The largest absolute Gasteiger partial charge is 0.378 e. The van der Waals surface area contributed by atoms with Crippen LogP contribution in [-0.2, 0) is 0 Å². The van der Waals surface area contributed by atoms with Crippen molar-refractivity contribution in [3.05, 3.63) is 33.3 Å². The van der Waals surface area contributed by atoms with E-state index in [4.69, 9.17) is 11.6 Å². The molecular weight excluding hydrogens is 276 g/mol. The van der Waals surface area contributed by atoms with E-state index in [0.29, 0.717) is 17.3 Å². The van der Waals surface area contributed by atoms with E-state index in [1.54, 1.807) is 12.1 Å². The number of nitro groups is 1. The van der Waals surface area contributed by atoms with Gasteiger partial charge in [0.15, 0.2) is 0 Å². The lowest BCUT2D eigenvalue weighted by molar-refractivity contribution is -0.383. The van der Waals surface area contributed by atoms with Crippen LogP contribution in [0.5, 0.6) is 0 Å². The number of anilines is 1. The third-order valence-corrected chi connectivity index (χ3v) is 3.70. The van der Waals surface area contributed by atoms with Crippen molar-refractivity contribution in [2.75, 3.05) is 11.9 Å². The Labute approximate surface area is 125 Å². The molecule has 0 fully saturated rings. The molecule has 0 aliphatic heterocycles. The lowest BCUT2D eigenvalue weighted by Crippen LogP contribution is -2.23. The smallest absolute Gasteiger partial charge is 0.293 e. The van der Waals surface area contributed by atoms with Gasteiger partial charge in [-0.05, 0) is 17.9 Å². The molecule has 1 aromatic rings. The first-order valence-electron chi connectivity index (χ1n) is 7.04. The average molecular weight is 299 g/mol. The predicted octanol–water partition coefficient (Wildman–Crippen LogP) is 5.27. The highest BCUT2D eigenvalue weighted by molar-refractivity contribution is 6.33. The van der Waals surface area contributed by atoms with Crippen LogP contribution in [0.2, 0.25) is 5.02 Å². The van der Waals surface area contributed by atoms with Gasteiger partial charge in [0.05, 0.1) is 9.95 Å². The van der Waals surface area contributed by atoms with Gasteiger partial charge in [-0.1, -0.05) is 57.7 Å². The van der Waals surface area contributed by atoms with Crippen molar-refractivity contribution >= 4 is 23.0 Å². The van der Waals surface area contributed by atoms with Crippen LogP contribution in [0, 0.1) is 15.5 Å². The van der Waals surface area contributed by atoms with Crippen LogP contribution in [0.15, 0.2) is 18.2 Å². The maximum Gasteiger partial charge on any atom is 0.293 e. The molecule has 0 spiro atoms. The van der Waals surface area contributed by atoms with Gasteiger partial charge in [0.1, 0.15) is 5.69 Å². The van der Waals surface area contributed by atoms with E-state index in [2.05, 4.69) is 26.1 Å². The lowest BCUT2D eigenvalue weighted by Gasteiger charge is -2.25. The molecule has 0 heterocycles. The van der Waals surface area contributed by atoms with Crippen LogP contribution in [0.1, 0.15) is 46.5 Å². The zero-order chi connectivity index (χ0) is 15.2. The Morgan fingerprint density at radius 2 is 2.05 bits per heavy atom. The van der Waals surface area contributed by atoms with Gasteiger partial charge in [-0.15, -0.1) is 0 Å². The topological polar surface area (TPSA) is 55.2 Å². The number of rotatable bonds is 8. The number of benzene rings is 1. The fraction of sp³-hybridized carbons (Fsp3) is 0.600. The Morgan fingerprint density at radius 1 is 1.35 bits per heavy atom. The first-order valence-corrected chi connectivity index (χ1v) is 7.42. The van der Waals surface area contributed by atoms with E-state index in [1.807, 2.05) is 0 Å². The number of para-hydroxylation sites is 1. The molecular formula is C15H23ClN2O2. The number of hydrogen-bond donors (Lipinski definition) is 1. The highest BCUT2D eigenvalue weighted by Crippen LogP contribution is 2.33. The monoisotopic (exact) mass is 298 g/mol. The second-order valence-corrected chi connectivity index (χ2v) is 6.27. The van der Waals surface area contributed by atoms with Crippen LogP contribution in [0.25, 0.3) is 0 Å². The zero-order valence-electron chi connectivity index (χ0n) is 12.4. The Morgan fingerprint density at radius 3 is 2.65 bits per heavy atom. The summed E-state index contributed by atoms with van der Waals surface area (Å²) in [5, 5.41) is 14.6. The van der Waals surface area contributed by atoms with Gasteiger partial charge in [0.25, 0.3) is 5.69 Å². The van der Waals surface area contributed by atoms with E-state index in [1.165, 1.54) is 25.3 Å². The summed E-state index contributed by atoms with van der Waals surface area (Å²) in [6, 6.07) is 4.73. The zero-order valence-corrected chi connectivity index (χ0v) is 13.2. The molecule has 0 aliphatic carbocycles. The van der Waals surface area contributed by atoms with Crippen molar-refractivity contribution in [2.45, 2.75) is 46.5 Å². The number of nitrogens with one attached hydrogen (secondary N) is 1. The quantitative estimate of drug-likeness (QED) is 0.404. The molecule has 20 heavy (non-hydrogen) atoms. The van der Waals surface area contributed by atoms with Gasteiger partial charge in [-0.3, -0.25) is 10.1 Å². The first-order chi connectivity index (χ1) is 9.37. The minimum absolute atomic E-state index is 0.0295. The van der Waals surface area contributed by atoms with Crippen LogP contribution in [-0.4, -0.2) is 11.5 Å². The third-order valence-electron chi connectivity index (χ3n) is 3.39. The highest BCUT2D eigenvalue weighted by atomic mass is 35.5. The molecule has 0 unspecified atom stereocenters. The molecule has 0 bridgehead atoms. The minimum Gasteiger partial charge on any atom is -0.378 e. The normalized spacial score (nSPS) is 11.4. The van der Waals surface area contributed by atoms with Gasteiger partial charge < -0.3 is 5.32 Å². The van der Waals surface area contributed by atoms with Crippen molar-refractivity contribution in [1.82, 2.24) is 0 Å². The molecule has 0 aliphatic rings. The minimum atomic E-state index is -0.404. The Bertz CT molecular complexity index is 461. The Kier molecular flexibility index (Phi) is 6.27. The molecule has 1 rings (SSSR count). The first kappa shape index (κ1) is 16.8. The van der Waals surface area contributed by atoms with Crippen LogP contribution >= 0.6 is 11.6 Å². The number of unbranched alkanes of at least 4 members (excludes halogenated alkanes) is 2. The second kappa shape index (κ2) is 7.48. The molecule has 1 aromatic carbocycles. The molecule has 0 saturated heterocycles.